The highest BCUT2D eigenvalue weighted by atomic mass is 16.5. The molecular weight excluding hydrogens is 236 g/mol. The Labute approximate surface area is 105 Å². The van der Waals surface area contributed by atoms with E-state index in [0.717, 1.165) is 0 Å². The van der Waals surface area contributed by atoms with Crippen molar-refractivity contribution in [3.05, 3.63) is 29.8 Å². The van der Waals surface area contributed by atoms with E-state index in [-0.39, 0.29) is 13.1 Å². The number of nitrogens with two attached hydrogens (primary N) is 1. The van der Waals surface area contributed by atoms with Crippen LogP contribution >= 0.6 is 0 Å². The first-order valence-corrected chi connectivity index (χ1v) is 5.54. The molecular formula is C12H18N2O4. The van der Waals surface area contributed by atoms with E-state index in [1.807, 2.05) is 0 Å². The van der Waals surface area contributed by atoms with E-state index in [4.69, 9.17) is 15.6 Å². The molecule has 0 radical (unpaired) electrons. The van der Waals surface area contributed by atoms with Gasteiger partial charge < -0.3 is 26.0 Å². The fraction of sp³-hybridized carbons (Fsp3) is 0.417. The van der Waals surface area contributed by atoms with Crippen molar-refractivity contribution < 1.29 is 19.7 Å². The van der Waals surface area contributed by atoms with Crippen LogP contribution in [0, 0.1) is 0 Å². The molecule has 0 aliphatic heterocycles. The maximum Gasteiger partial charge on any atom is 0.247 e. The molecule has 0 aliphatic carbocycles. The predicted octanol–water partition coefficient (Wildman–Crippen LogP) is -0.836. The average Bonchev–Trinajstić information content (AvgIpc) is 2.38. The number of hydrogen-bond acceptors (Lipinski definition) is 5. The predicted molar refractivity (Wildman–Crippen MR) is 66.0 cm³/mol. The van der Waals surface area contributed by atoms with Gasteiger partial charge in [-0.05, 0) is 17.7 Å². The number of aliphatic hydroxyl groups is 2. The van der Waals surface area contributed by atoms with E-state index < -0.39 is 18.1 Å². The van der Waals surface area contributed by atoms with Gasteiger partial charge in [0.05, 0.1) is 13.2 Å². The van der Waals surface area contributed by atoms with Crippen LogP contribution in [0.5, 0.6) is 5.75 Å². The van der Waals surface area contributed by atoms with E-state index in [2.05, 4.69) is 5.32 Å². The van der Waals surface area contributed by atoms with Gasteiger partial charge in [0.15, 0.2) is 0 Å². The van der Waals surface area contributed by atoms with Crippen LogP contribution in [0.1, 0.15) is 11.7 Å². The van der Waals surface area contributed by atoms with Crippen LogP contribution in [0.3, 0.4) is 0 Å². The summed E-state index contributed by atoms with van der Waals surface area (Å²) in [4.78, 5) is 10.6. The van der Waals surface area contributed by atoms with E-state index in [1.165, 1.54) is 0 Å². The Hall–Kier alpha value is -1.63. The van der Waals surface area contributed by atoms with E-state index in [1.54, 1.807) is 31.4 Å². The molecule has 6 heteroatoms. The van der Waals surface area contributed by atoms with Crippen molar-refractivity contribution in [2.24, 2.45) is 5.73 Å². The van der Waals surface area contributed by atoms with Crippen molar-refractivity contribution in [1.29, 1.82) is 0 Å². The molecule has 0 spiro atoms. The zero-order chi connectivity index (χ0) is 13.5. The van der Waals surface area contributed by atoms with Crippen LogP contribution in [0.4, 0.5) is 0 Å². The quantitative estimate of drug-likeness (QED) is 0.508. The maximum absolute atomic E-state index is 10.6. The molecule has 18 heavy (non-hydrogen) atoms. The summed E-state index contributed by atoms with van der Waals surface area (Å²) in [5.74, 6) is -0.137. The highest BCUT2D eigenvalue weighted by Gasteiger charge is 2.12. The van der Waals surface area contributed by atoms with Crippen molar-refractivity contribution in [2.45, 2.75) is 12.2 Å². The van der Waals surface area contributed by atoms with Crippen molar-refractivity contribution in [2.75, 3.05) is 20.2 Å². The van der Waals surface area contributed by atoms with Crippen LogP contribution in [-0.2, 0) is 4.79 Å². The summed E-state index contributed by atoms with van der Waals surface area (Å²) in [7, 11) is 1.55. The molecule has 0 fully saturated rings. The lowest BCUT2D eigenvalue weighted by Crippen LogP contribution is -2.38. The number of amides is 1. The van der Waals surface area contributed by atoms with Gasteiger partial charge in [0.1, 0.15) is 11.9 Å². The molecule has 6 nitrogen and oxygen atoms in total. The molecule has 100 valence electrons. The molecule has 2 atom stereocenters. The van der Waals surface area contributed by atoms with Crippen LogP contribution in [0.2, 0.25) is 0 Å². The van der Waals surface area contributed by atoms with Crippen LogP contribution in [0.15, 0.2) is 24.3 Å². The molecule has 0 aliphatic rings. The Morgan fingerprint density at radius 1 is 1.44 bits per heavy atom. The molecule has 1 aromatic carbocycles. The molecule has 5 N–H and O–H groups in total. The number of primary amides is 1. The minimum absolute atomic E-state index is 0.0103. The van der Waals surface area contributed by atoms with Crippen molar-refractivity contribution >= 4 is 5.91 Å². The fourth-order valence-corrected chi connectivity index (χ4v) is 1.42. The second-order valence-corrected chi connectivity index (χ2v) is 3.87. The summed E-state index contributed by atoms with van der Waals surface area (Å²) in [6, 6.07) is 7.03. The summed E-state index contributed by atoms with van der Waals surface area (Å²) < 4.78 is 5.05. The van der Waals surface area contributed by atoms with Gasteiger partial charge in [-0.25, -0.2) is 0 Å². The topological polar surface area (TPSA) is 105 Å². The van der Waals surface area contributed by atoms with Gasteiger partial charge >= 0.3 is 0 Å². The number of carbonyl (C=O) groups excluding carboxylic acids is 1. The van der Waals surface area contributed by atoms with Gasteiger partial charge in [0.2, 0.25) is 5.91 Å². The summed E-state index contributed by atoms with van der Waals surface area (Å²) >= 11 is 0. The maximum atomic E-state index is 10.6. The highest BCUT2D eigenvalue weighted by Crippen LogP contribution is 2.18. The molecule has 0 heterocycles. The summed E-state index contributed by atoms with van der Waals surface area (Å²) in [5.41, 5.74) is 5.58. The van der Waals surface area contributed by atoms with Gasteiger partial charge in [0.25, 0.3) is 0 Å². The minimum Gasteiger partial charge on any atom is -0.497 e. The van der Waals surface area contributed by atoms with Gasteiger partial charge in [-0.2, -0.15) is 0 Å². The van der Waals surface area contributed by atoms with Crippen LogP contribution in [-0.4, -0.2) is 42.4 Å². The first kappa shape index (κ1) is 14.4. The number of methoxy groups -OCH3 is 1. The lowest BCUT2D eigenvalue weighted by molar-refractivity contribution is -0.125. The monoisotopic (exact) mass is 254 g/mol. The molecule has 0 saturated carbocycles. The van der Waals surface area contributed by atoms with Crippen LogP contribution in [0.25, 0.3) is 0 Å². The summed E-state index contributed by atoms with van der Waals surface area (Å²) in [5, 5.41) is 21.8. The molecule has 1 amide bonds. The Kier molecular flexibility index (Phi) is 5.57. The largest absolute Gasteiger partial charge is 0.497 e. The third-order valence-electron chi connectivity index (χ3n) is 2.48. The molecule has 0 saturated heterocycles. The minimum atomic E-state index is -1.25. The Morgan fingerprint density at radius 3 is 2.78 bits per heavy atom. The standard InChI is InChI=1S/C12H18N2O4/c1-18-9-4-2-3-8(5-9)10(15)6-14-7-11(16)12(13)17/h2-5,10-11,14-16H,6-7H2,1H3,(H2,13,17). The summed E-state index contributed by atoms with van der Waals surface area (Å²) in [6.07, 6.45) is -2.00. The molecule has 0 aromatic heterocycles. The molecule has 1 rings (SSSR count). The van der Waals surface area contributed by atoms with E-state index in [9.17, 15) is 9.90 Å². The Morgan fingerprint density at radius 2 is 2.17 bits per heavy atom. The normalized spacial score (nSPS) is 13.9. The number of nitrogens with one attached hydrogen (secondary N) is 1. The number of ether oxygens (including phenoxy) is 1. The van der Waals surface area contributed by atoms with Crippen molar-refractivity contribution in [1.82, 2.24) is 5.32 Å². The average molecular weight is 254 g/mol. The van der Waals surface area contributed by atoms with E-state index >= 15 is 0 Å². The lowest BCUT2D eigenvalue weighted by atomic mass is 10.1. The molecule has 2 unspecified atom stereocenters. The first-order chi connectivity index (χ1) is 8.54. The smallest absolute Gasteiger partial charge is 0.247 e. The number of hydrogen-bond donors (Lipinski definition) is 4. The SMILES string of the molecule is COc1cccc(C(O)CNCC(O)C(N)=O)c1. The highest BCUT2D eigenvalue weighted by molar-refractivity contribution is 5.78. The third kappa shape index (κ3) is 4.33. The Balaban J connectivity index is 2.44. The number of benzene rings is 1. The summed E-state index contributed by atoms with van der Waals surface area (Å²) in [6.45, 7) is 0.216. The van der Waals surface area contributed by atoms with Gasteiger partial charge in [-0.1, -0.05) is 12.1 Å². The second kappa shape index (κ2) is 6.95. The van der Waals surface area contributed by atoms with Crippen molar-refractivity contribution in [3.8, 4) is 5.75 Å². The van der Waals surface area contributed by atoms with Gasteiger partial charge in [0, 0.05) is 13.1 Å². The first-order valence-electron chi connectivity index (χ1n) is 5.54. The lowest BCUT2D eigenvalue weighted by Gasteiger charge is -2.14. The van der Waals surface area contributed by atoms with E-state index in [0.29, 0.717) is 11.3 Å². The van der Waals surface area contributed by atoms with Gasteiger partial charge in [-0.15, -0.1) is 0 Å². The fourth-order valence-electron chi connectivity index (χ4n) is 1.42. The Bertz CT molecular complexity index is 397. The zero-order valence-electron chi connectivity index (χ0n) is 10.2. The van der Waals surface area contributed by atoms with Gasteiger partial charge in [-0.3, -0.25) is 4.79 Å². The number of aliphatic hydroxyl groups excluding tert-OH is 2. The van der Waals surface area contributed by atoms with Crippen molar-refractivity contribution in [3.63, 3.8) is 0 Å². The number of carbonyl (C=O) groups is 1. The number of rotatable bonds is 7. The zero-order valence-corrected chi connectivity index (χ0v) is 10.2. The van der Waals surface area contributed by atoms with Crippen LogP contribution < -0.4 is 15.8 Å². The third-order valence-corrected chi connectivity index (χ3v) is 2.48. The second-order valence-electron chi connectivity index (χ2n) is 3.87. The molecule has 0 bridgehead atoms. The molecule has 1 aromatic rings.